The molecule has 0 radical (unpaired) electrons. The lowest BCUT2D eigenvalue weighted by Crippen LogP contribution is -2.16. The van der Waals surface area contributed by atoms with Crippen LogP contribution < -0.4 is 0 Å². The fraction of sp³-hybridized carbons (Fsp3) is 0.731. The van der Waals surface area contributed by atoms with Crippen molar-refractivity contribution in [1.82, 2.24) is 0 Å². The second-order valence-electron chi connectivity index (χ2n) is 9.84. The van der Waals surface area contributed by atoms with Crippen molar-refractivity contribution < 1.29 is 18.7 Å². The summed E-state index contributed by atoms with van der Waals surface area (Å²) >= 11 is 0. The van der Waals surface area contributed by atoms with Gasteiger partial charge in [0.1, 0.15) is 17.2 Å². The highest BCUT2D eigenvalue weighted by atomic mass is 19.1. The van der Waals surface area contributed by atoms with Crippen LogP contribution >= 0.6 is 0 Å². The lowest BCUT2D eigenvalue weighted by Gasteiger charge is -2.30. The molecular weight excluding hydrogens is 382 g/mol. The van der Waals surface area contributed by atoms with Crippen LogP contribution in [0, 0.1) is 29.4 Å². The standard InChI is InChI=1S/C26H38F2O2/c1-2-5-18-8-10-19(11-9-18)6-3-4-7-20-12-14-21(15-13-20)22-16-23(27)25(26(29)30)24(28)17-22/h16-21H,2-15H2,1H3,(H,29,30)/t18-,19-,20-,21-. The van der Waals surface area contributed by atoms with Gasteiger partial charge < -0.3 is 5.11 Å². The molecule has 0 spiro atoms. The second-order valence-corrected chi connectivity index (χ2v) is 9.84. The van der Waals surface area contributed by atoms with Gasteiger partial charge in [-0.3, -0.25) is 0 Å². The molecule has 0 aromatic heterocycles. The van der Waals surface area contributed by atoms with E-state index in [1.165, 1.54) is 76.3 Å². The van der Waals surface area contributed by atoms with Crippen LogP contribution in [0.4, 0.5) is 8.78 Å². The van der Waals surface area contributed by atoms with Gasteiger partial charge in [-0.05, 0) is 67.1 Å². The zero-order valence-corrected chi connectivity index (χ0v) is 18.5. The summed E-state index contributed by atoms with van der Waals surface area (Å²) in [6.07, 6.45) is 17.9. The molecular formula is C26H38F2O2. The van der Waals surface area contributed by atoms with Crippen molar-refractivity contribution in [2.45, 2.75) is 103 Å². The van der Waals surface area contributed by atoms with Gasteiger partial charge in [0.05, 0.1) is 0 Å². The number of carboxylic acids is 1. The molecule has 30 heavy (non-hydrogen) atoms. The topological polar surface area (TPSA) is 37.3 Å². The van der Waals surface area contributed by atoms with Crippen LogP contribution in [0.5, 0.6) is 0 Å². The Kier molecular flexibility index (Phi) is 8.71. The predicted octanol–water partition coefficient (Wildman–Crippen LogP) is 8.10. The highest BCUT2D eigenvalue weighted by Gasteiger charge is 2.26. The van der Waals surface area contributed by atoms with Gasteiger partial charge in [0.15, 0.2) is 0 Å². The largest absolute Gasteiger partial charge is 0.477 e. The lowest BCUT2D eigenvalue weighted by atomic mass is 9.76. The first-order valence-corrected chi connectivity index (χ1v) is 12.2. The van der Waals surface area contributed by atoms with Crippen molar-refractivity contribution in [3.63, 3.8) is 0 Å². The highest BCUT2D eigenvalue weighted by molar-refractivity contribution is 5.88. The summed E-state index contributed by atoms with van der Waals surface area (Å²) in [5.41, 5.74) is -0.224. The molecule has 4 heteroatoms. The average molecular weight is 421 g/mol. The summed E-state index contributed by atoms with van der Waals surface area (Å²) in [5, 5.41) is 8.92. The number of carboxylic acid groups (broad SMARTS) is 1. The fourth-order valence-corrected chi connectivity index (χ4v) is 5.90. The fourth-order valence-electron chi connectivity index (χ4n) is 5.90. The summed E-state index contributed by atoms with van der Waals surface area (Å²) in [7, 11) is 0. The van der Waals surface area contributed by atoms with Crippen molar-refractivity contribution in [2.24, 2.45) is 17.8 Å². The Morgan fingerprint density at radius 3 is 1.70 bits per heavy atom. The molecule has 1 aromatic carbocycles. The van der Waals surface area contributed by atoms with Crippen molar-refractivity contribution in [3.8, 4) is 0 Å². The SMILES string of the molecule is CCC[C@H]1CC[C@H](CCCC[C@H]2CC[C@H](c3cc(F)c(C(=O)O)c(F)c3)CC2)CC1. The van der Waals surface area contributed by atoms with Crippen molar-refractivity contribution in [3.05, 3.63) is 34.9 Å². The third kappa shape index (κ3) is 6.28. The predicted molar refractivity (Wildman–Crippen MR) is 117 cm³/mol. The number of carbonyl (C=O) groups is 1. The molecule has 1 aromatic rings. The summed E-state index contributed by atoms with van der Waals surface area (Å²) in [6.45, 7) is 2.30. The monoisotopic (exact) mass is 420 g/mol. The van der Waals surface area contributed by atoms with Crippen LogP contribution in [-0.2, 0) is 0 Å². The highest BCUT2D eigenvalue weighted by Crippen LogP contribution is 2.39. The number of halogens is 2. The molecule has 0 amide bonds. The Hall–Kier alpha value is -1.45. The molecule has 2 aliphatic carbocycles. The first kappa shape index (κ1) is 23.2. The zero-order chi connectivity index (χ0) is 21.5. The first-order valence-electron chi connectivity index (χ1n) is 12.2. The maximum atomic E-state index is 14.0. The minimum atomic E-state index is -1.55. The van der Waals surface area contributed by atoms with Gasteiger partial charge in [0, 0.05) is 0 Å². The maximum absolute atomic E-state index is 14.0. The summed E-state index contributed by atoms with van der Waals surface area (Å²) in [4.78, 5) is 11.0. The van der Waals surface area contributed by atoms with Crippen LogP contribution in [0.15, 0.2) is 12.1 Å². The summed E-state index contributed by atoms with van der Waals surface area (Å²) in [6, 6.07) is 2.46. The molecule has 2 fully saturated rings. The van der Waals surface area contributed by atoms with E-state index in [-0.39, 0.29) is 5.92 Å². The number of hydrogen-bond donors (Lipinski definition) is 1. The minimum Gasteiger partial charge on any atom is -0.477 e. The van der Waals surface area contributed by atoms with Crippen LogP contribution in [0.1, 0.15) is 119 Å². The van der Waals surface area contributed by atoms with E-state index in [1.54, 1.807) is 0 Å². The minimum absolute atomic E-state index is 0.145. The quantitative estimate of drug-likeness (QED) is 0.410. The van der Waals surface area contributed by atoms with Gasteiger partial charge in [-0.15, -0.1) is 0 Å². The molecule has 168 valence electrons. The van der Waals surface area contributed by atoms with Gasteiger partial charge in [-0.2, -0.15) is 0 Å². The number of benzene rings is 1. The first-order chi connectivity index (χ1) is 14.5. The molecule has 0 atom stereocenters. The second kappa shape index (κ2) is 11.2. The van der Waals surface area contributed by atoms with Gasteiger partial charge >= 0.3 is 5.97 Å². The maximum Gasteiger partial charge on any atom is 0.341 e. The number of aromatic carboxylic acids is 1. The smallest absolute Gasteiger partial charge is 0.341 e. The van der Waals surface area contributed by atoms with Crippen LogP contribution in [0.2, 0.25) is 0 Å². The normalized spacial score (nSPS) is 27.2. The molecule has 2 nitrogen and oxygen atoms in total. The Morgan fingerprint density at radius 1 is 0.833 bits per heavy atom. The molecule has 2 saturated carbocycles. The van der Waals surface area contributed by atoms with E-state index in [0.29, 0.717) is 5.56 Å². The molecule has 0 aliphatic heterocycles. The van der Waals surface area contributed by atoms with E-state index < -0.39 is 23.2 Å². The van der Waals surface area contributed by atoms with E-state index in [2.05, 4.69) is 6.92 Å². The van der Waals surface area contributed by atoms with Crippen molar-refractivity contribution >= 4 is 5.97 Å². The van der Waals surface area contributed by atoms with Crippen LogP contribution in [-0.4, -0.2) is 11.1 Å². The van der Waals surface area contributed by atoms with Crippen molar-refractivity contribution in [1.29, 1.82) is 0 Å². The number of rotatable bonds is 9. The Morgan fingerprint density at radius 2 is 1.27 bits per heavy atom. The van der Waals surface area contributed by atoms with E-state index in [9.17, 15) is 13.6 Å². The zero-order valence-electron chi connectivity index (χ0n) is 18.5. The van der Waals surface area contributed by atoms with Gasteiger partial charge in [-0.25, -0.2) is 13.6 Å². The summed E-state index contributed by atoms with van der Waals surface area (Å²) < 4.78 is 28.0. The van der Waals surface area contributed by atoms with E-state index in [4.69, 9.17) is 5.11 Å². The third-order valence-corrected chi connectivity index (χ3v) is 7.73. The van der Waals surface area contributed by atoms with E-state index in [0.717, 1.165) is 43.4 Å². The summed E-state index contributed by atoms with van der Waals surface area (Å²) in [5.74, 6) is -0.641. The van der Waals surface area contributed by atoms with Gasteiger partial charge in [-0.1, -0.05) is 71.1 Å². The molecule has 0 heterocycles. The van der Waals surface area contributed by atoms with Crippen LogP contribution in [0.3, 0.4) is 0 Å². The number of hydrogen-bond acceptors (Lipinski definition) is 1. The van der Waals surface area contributed by atoms with Crippen LogP contribution in [0.25, 0.3) is 0 Å². The molecule has 0 unspecified atom stereocenters. The Bertz CT molecular complexity index is 663. The van der Waals surface area contributed by atoms with Crippen molar-refractivity contribution in [2.75, 3.05) is 0 Å². The molecule has 2 aliphatic rings. The van der Waals surface area contributed by atoms with E-state index >= 15 is 0 Å². The molecule has 1 N–H and O–H groups in total. The third-order valence-electron chi connectivity index (χ3n) is 7.73. The number of unbranched alkanes of at least 4 members (excludes halogenated alkanes) is 1. The molecule has 0 saturated heterocycles. The Balaban J connectivity index is 1.35. The lowest BCUT2D eigenvalue weighted by molar-refractivity contribution is 0.0686. The van der Waals surface area contributed by atoms with Gasteiger partial charge in [0.25, 0.3) is 0 Å². The van der Waals surface area contributed by atoms with Gasteiger partial charge in [0.2, 0.25) is 0 Å². The molecule has 3 rings (SSSR count). The Labute approximate surface area is 180 Å². The average Bonchev–Trinajstić information content (AvgIpc) is 2.72. The van der Waals surface area contributed by atoms with E-state index in [1.807, 2.05) is 0 Å². The molecule has 0 bridgehead atoms.